The smallest absolute Gasteiger partial charge is 0.309 e. The summed E-state index contributed by atoms with van der Waals surface area (Å²) < 4.78 is 5.07. The lowest BCUT2D eigenvalue weighted by Gasteiger charge is -2.40. The van der Waals surface area contributed by atoms with E-state index >= 15 is 0 Å². The molecule has 1 saturated carbocycles. The largest absolute Gasteiger partial charge is 0.466 e. The van der Waals surface area contributed by atoms with Gasteiger partial charge in [-0.1, -0.05) is 20.8 Å². The van der Waals surface area contributed by atoms with Crippen LogP contribution in [0.15, 0.2) is 0 Å². The summed E-state index contributed by atoms with van der Waals surface area (Å²) in [5.74, 6) is 0.0611. The van der Waals surface area contributed by atoms with Gasteiger partial charge in [-0.25, -0.2) is 0 Å². The van der Waals surface area contributed by atoms with E-state index in [2.05, 4.69) is 0 Å². The van der Waals surface area contributed by atoms with Crippen LogP contribution in [-0.4, -0.2) is 18.4 Å². The molecule has 0 heterocycles. The Balaban J connectivity index is 2.84. The first-order valence-electron chi connectivity index (χ1n) is 5.57. The van der Waals surface area contributed by atoms with E-state index in [0.29, 0.717) is 19.4 Å². The van der Waals surface area contributed by atoms with Crippen LogP contribution < -0.4 is 0 Å². The Morgan fingerprint density at radius 3 is 2.60 bits per heavy atom. The predicted octanol–water partition coefficient (Wildman–Crippen LogP) is 2.19. The highest BCUT2D eigenvalue weighted by atomic mass is 16.5. The molecule has 0 aromatic heterocycles. The highest BCUT2D eigenvalue weighted by Crippen LogP contribution is 2.42. The second kappa shape index (κ2) is 4.33. The van der Waals surface area contributed by atoms with Crippen LogP contribution in [0.4, 0.5) is 0 Å². The van der Waals surface area contributed by atoms with E-state index in [-0.39, 0.29) is 29.0 Å². The molecule has 1 rings (SSSR count). The SMILES string of the molecule is CCOC(=O)C1C(C)CC(=O)CC1(C)C. The Morgan fingerprint density at radius 1 is 1.53 bits per heavy atom. The molecule has 0 spiro atoms. The van der Waals surface area contributed by atoms with Crippen LogP contribution in [0.2, 0.25) is 0 Å². The third-order valence-electron chi connectivity index (χ3n) is 3.15. The van der Waals surface area contributed by atoms with Crippen molar-refractivity contribution in [1.29, 1.82) is 0 Å². The number of Topliss-reactive ketones (excluding diaryl/α,β-unsaturated/α-hetero) is 1. The molecule has 2 unspecified atom stereocenters. The van der Waals surface area contributed by atoms with Crippen LogP contribution in [0.3, 0.4) is 0 Å². The molecular weight excluding hydrogens is 192 g/mol. The van der Waals surface area contributed by atoms with Crippen LogP contribution in [-0.2, 0) is 14.3 Å². The molecule has 1 aliphatic rings. The van der Waals surface area contributed by atoms with Crippen molar-refractivity contribution in [3.05, 3.63) is 0 Å². The van der Waals surface area contributed by atoms with Crippen molar-refractivity contribution >= 4 is 11.8 Å². The quantitative estimate of drug-likeness (QED) is 0.659. The average molecular weight is 212 g/mol. The van der Waals surface area contributed by atoms with E-state index in [1.165, 1.54) is 0 Å². The van der Waals surface area contributed by atoms with E-state index < -0.39 is 0 Å². The maximum atomic E-state index is 11.8. The lowest BCUT2D eigenvalue weighted by atomic mass is 9.64. The topological polar surface area (TPSA) is 43.4 Å². The van der Waals surface area contributed by atoms with E-state index in [4.69, 9.17) is 4.74 Å². The number of ketones is 1. The summed E-state index contributed by atoms with van der Waals surface area (Å²) in [5, 5.41) is 0. The number of rotatable bonds is 2. The van der Waals surface area contributed by atoms with Crippen molar-refractivity contribution in [1.82, 2.24) is 0 Å². The third-order valence-corrected chi connectivity index (χ3v) is 3.15. The zero-order valence-corrected chi connectivity index (χ0v) is 10.0. The van der Waals surface area contributed by atoms with Crippen molar-refractivity contribution in [3.8, 4) is 0 Å². The van der Waals surface area contributed by atoms with Gasteiger partial charge in [0, 0.05) is 12.8 Å². The monoisotopic (exact) mass is 212 g/mol. The highest BCUT2D eigenvalue weighted by Gasteiger charge is 2.45. The minimum atomic E-state index is -0.263. The standard InChI is InChI=1S/C12H20O3/c1-5-15-11(14)10-8(2)6-9(13)7-12(10,3)4/h8,10H,5-7H2,1-4H3. The minimum absolute atomic E-state index is 0.0975. The lowest BCUT2D eigenvalue weighted by molar-refractivity contribution is -0.158. The maximum Gasteiger partial charge on any atom is 0.309 e. The predicted molar refractivity (Wildman–Crippen MR) is 57.3 cm³/mol. The molecule has 2 atom stereocenters. The molecule has 3 nitrogen and oxygen atoms in total. The van der Waals surface area contributed by atoms with E-state index in [0.717, 1.165) is 0 Å². The molecule has 0 amide bonds. The number of carbonyl (C=O) groups excluding carboxylic acids is 2. The Bertz CT molecular complexity index is 268. The zero-order valence-electron chi connectivity index (χ0n) is 10.0. The average Bonchev–Trinajstić information content (AvgIpc) is 1.99. The summed E-state index contributed by atoms with van der Waals surface area (Å²) in [5.41, 5.74) is -0.263. The van der Waals surface area contributed by atoms with Gasteiger partial charge in [0.15, 0.2) is 0 Å². The fourth-order valence-electron chi connectivity index (χ4n) is 2.72. The van der Waals surface area contributed by atoms with Gasteiger partial charge < -0.3 is 4.74 Å². The van der Waals surface area contributed by atoms with E-state index in [1.54, 1.807) is 0 Å². The molecule has 86 valence electrons. The molecule has 0 aliphatic heterocycles. The van der Waals surface area contributed by atoms with Gasteiger partial charge in [0.2, 0.25) is 0 Å². The zero-order chi connectivity index (χ0) is 11.6. The number of carbonyl (C=O) groups is 2. The van der Waals surface area contributed by atoms with Crippen LogP contribution >= 0.6 is 0 Å². The number of hydrogen-bond acceptors (Lipinski definition) is 3. The summed E-state index contributed by atoms with van der Waals surface area (Å²) in [6.07, 6.45) is 0.994. The third kappa shape index (κ3) is 2.58. The molecule has 0 aromatic rings. The fourth-order valence-corrected chi connectivity index (χ4v) is 2.72. The van der Waals surface area contributed by atoms with Crippen LogP contribution in [0.1, 0.15) is 40.5 Å². The highest BCUT2D eigenvalue weighted by molar-refractivity contribution is 5.84. The van der Waals surface area contributed by atoms with Gasteiger partial charge in [-0.2, -0.15) is 0 Å². The second-order valence-electron chi connectivity index (χ2n) is 5.12. The molecule has 0 N–H and O–H groups in total. The van der Waals surface area contributed by atoms with Crippen molar-refractivity contribution in [2.75, 3.05) is 6.61 Å². The molecule has 0 radical (unpaired) electrons. The summed E-state index contributed by atoms with van der Waals surface area (Å²) in [4.78, 5) is 23.3. The van der Waals surface area contributed by atoms with Crippen LogP contribution in [0, 0.1) is 17.3 Å². The molecule has 0 aromatic carbocycles. The summed E-state index contributed by atoms with van der Waals surface area (Å²) in [6.45, 7) is 8.13. The van der Waals surface area contributed by atoms with Gasteiger partial charge in [-0.05, 0) is 18.3 Å². The van der Waals surface area contributed by atoms with Crippen molar-refractivity contribution < 1.29 is 14.3 Å². The van der Waals surface area contributed by atoms with E-state index in [1.807, 2.05) is 27.7 Å². The molecule has 1 aliphatic carbocycles. The Morgan fingerprint density at radius 2 is 2.13 bits per heavy atom. The van der Waals surface area contributed by atoms with Crippen molar-refractivity contribution in [2.45, 2.75) is 40.5 Å². The first kappa shape index (κ1) is 12.2. The van der Waals surface area contributed by atoms with Crippen molar-refractivity contribution in [2.24, 2.45) is 17.3 Å². The van der Waals surface area contributed by atoms with Crippen LogP contribution in [0.5, 0.6) is 0 Å². The number of esters is 1. The van der Waals surface area contributed by atoms with Gasteiger partial charge in [0.25, 0.3) is 0 Å². The molecule has 0 bridgehead atoms. The van der Waals surface area contributed by atoms with Crippen molar-refractivity contribution in [3.63, 3.8) is 0 Å². The van der Waals surface area contributed by atoms with Gasteiger partial charge in [-0.3, -0.25) is 9.59 Å². The molecule has 3 heteroatoms. The first-order chi connectivity index (χ1) is 6.88. The number of hydrogen-bond donors (Lipinski definition) is 0. The van der Waals surface area contributed by atoms with Gasteiger partial charge >= 0.3 is 5.97 Å². The first-order valence-corrected chi connectivity index (χ1v) is 5.57. The number of ether oxygens (including phenoxy) is 1. The van der Waals surface area contributed by atoms with Crippen LogP contribution in [0.25, 0.3) is 0 Å². The normalized spacial score (nSPS) is 30.0. The van der Waals surface area contributed by atoms with E-state index in [9.17, 15) is 9.59 Å². The van der Waals surface area contributed by atoms with Gasteiger partial charge in [0.05, 0.1) is 12.5 Å². The molecule has 15 heavy (non-hydrogen) atoms. The minimum Gasteiger partial charge on any atom is -0.466 e. The molecular formula is C12H20O3. The molecule has 0 saturated heterocycles. The summed E-state index contributed by atoms with van der Waals surface area (Å²) in [7, 11) is 0. The Hall–Kier alpha value is -0.860. The lowest BCUT2D eigenvalue weighted by Crippen LogP contribution is -2.43. The maximum absolute atomic E-state index is 11.8. The summed E-state index contributed by atoms with van der Waals surface area (Å²) >= 11 is 0. The van der Waals surface area contributed by atoms with Gasteiger partial charge in [-0.15, -0.1) is 0 Å². The Labute approximate surface area is 91.2 Å². The summed E-state index contributed by atoms with van der Waals surface area (Å²) in [6, 6.07) is 0. The second-order valence-corrected chi connectivity index (χ2v) is 5.12. The van der Waals surface area contributed by atoms with Gasteiger partial charge in [0.1, 0.15) is 5.78 Å². The fraction of sp³-hybridized carbons (Fsp3) is 0.833. The molecule has 1 fully saturated rings. The Kier molecular flexibility index (Phi) is 3.53.